The predicted molar refractivity (Wildman–Crippen MR) is 121 cm³/mol. The number of nitrogens with zero attached hydrogens (tertiary/aromatic N) is 3. The SMILES string of the molecule is CNc1cc(C)ccc1C(=N)c1cnc2c(n1)c(C(=O)OC)cn2COC(=O)C(C)(C)C. The first-order chi connectivity index (χ1) is 15.1. The lowest BCUT2D eigenvalue weighted by Gasteiger charge is -2.17. The molecule has 2 heterocycles. The van der Waals surface area contributed by atoms with Crippen molar-refractivity contribution in [3.05, 3.63) is 53.0 Å². The van der Waals surface area contributed by atoms with Crippen LogP contribution < -0.4 is 5.32 Å². The molecule has 0 spiro atoms. The van der Waals surface area contributed by atoms with Gasteiger partial charge in [0.25, 0.3) is 0 Å². The molecule has 168 valence electrons. The second-order valence-electron chi connectivity index (χ2n) is 8.42. The molecule has 0 aliphatic rings. The highest BCUT2D eigenvalue weighted by molar-refractivity contribution is 6.13. The second kappa shape index (κ2) is 8.78. The van der Waals surface area contributed by atoms with Crippen LogP contribution in [0.3, 0.4) is 0 Å². The Balaban J connectivity index is 2.04. The highest BCUT2D eigenvalue weighted by Gasteiger charge is 2.25. The zero-order valence-electron chi connectivity index (χ0n) is 19.1. The van der Waals surface area contributed by atoms with Gasteiger partial charge in [0, 0.05) is 24.5 Å². The highest BCUT2D eigenvalue weighted by Crippen LogP contribution is 2.24. The van der Waals surface area contributed by atoms with Gasteiger partial charge in [-0.25, -0.2) is 14.8 Å². The zero-order valence-corrected chi connectivity index (χ0v) is 19.1. The Hall–Kier alpha value is -3.75. The number of hydrogen-bond donors (Lipinski definition) is 2. The summed E-state index contributed by atoms with van der Waals surface area (Å²) in [6.07, 6.45) is 2.96. The van der Waals surface area contributed by atoms with Gasteiger partial charge in [-0.3, -0.25) is 14.8 Å². The fourth-order valence-electron chi connectivity index (χ4n) is 3.10. The molecule has 1 aromatic carbocycles. The summed E-state index contributed by atoms with van der Waals surface area (Å²) in [5, 5.41) is 11.8. The predicted octanol–water partition coefficient (Wildman–Crippen LogP) is 3.53. The van der Waals surface area contributed by atoms with Crippen molar-refractivity contribution in [2.45, 2.75) is 34.4 Å². The minimum atomic E-state index is -0.666. The summed E-state index contributed by atoms with van der Waals surface area (Å²) in [7, 11) is 3.06. The van der Waals surface area contributed by atoms with E-state index in [2.05, 4.69) is 15.3 Å². The van der Waals surface area contributed by atoms with E-state index in [9.17, 15) is 9.59 Å². The molecule has 3 aromatic rings. The number of carbonyl (C=O) groups is 2. The minimum absolute atomic E-state index is 0.128. The summed E-state index contributed by atoms with van der Waals surface area (Å²) in [5.74, 6) is -0.982. The molecule has 0 radical (unpaired) electrons. The van der Waals surface area contributed by atoms with Crippen LogP contribution in [0.5, 0.6) is 0 Å². The smallest absolute Gasteiger partial charge is 0.341 e. The van der Waals surface area contributed by atoms with Gasteiger partial charge in [0.1, 0.15) is 16.8 Å². The van der Waals surface area contributed by atoms with Gasteiger partial charge in [0.15, 0.2) is 12.4 Å². The Labute approximate surface area is 186 Å². The number of esters is 2. The van der Waals surface area contributed by atoms with E-state index in [1.807, 2.05) is 25.1 Å². The monoisotopic (exact) mass is 437 g/mol. The number of ether oxygens (including phenoxy) is 2. The van der Waals surface area contributed by atoms with Crippen LogP contribution in [-0.2, 0) is 21.0 Å². The second-order valence-corrected chi connectivity index (χ2v) is 8.42. The van der Waals surface area contributed by atoms with Crippen molar-refractivity contribution in [3.63, 3.8) is 0 Å². The number of nitrogens with one attached hydrogen (secondary N) is 2. The third-order valence-corrected chi connectivity index (χ3v) is 4.89. The zero-order chi connectivity index (χ0) is 23.6. The van der Waals surface area contributed by atoms with E-state index >= 15 is 0 Å². The lowest BCUT2D eigenvalue weighted by atomic mass is 9.98. The van der Waals surface area contributed by atoms with E-state index < -0.39 is 11.4 Å². The fourth-order valence-corrected chi connectivity index (χ4v) is 3.10. The summed E-state index contributed by atoms with van der Waals surface area (Å²) < 4.78 is 11.8. The average molecular weight is 438 g/mol. The van der Waals surface area contributed by atoms with Crippen molar-refractivity contribution in [2.75, 3.05) is 19.5 Å². The van der Waals surface area contributed by atoms with E-state index in [1.54, 1.807) is 27.8 Å². The Morgan fingerprint density at radius 3 is 2.56 bits per heavy atom. The third-order valence-electron chi connectivity index (χ3n) is 4.89. The lowest BCUT2D eigenvalue weighted by molar-refractivity contribution is -0.156. The van der Waals surface area contributed by atoms with Crippen LogP contribution in [0.15, 0.2) is 30.6 Å². The molecular weight excluding hydrogens is 410 g/mol. The van der Waals surface area contributed by atoms with Crippen molar-refractivity contribution in [3.8, 4) is 0 Å². The molecule has 0 saturated heterocycles. The standard InChI is InChI=1S/C23H27N5O4/c1-13-7-8-14(16(9-13)25-5)18(24)17-10-26-20-19(27-17)15(21(29)31-6)11-28(20)12-32-22(30)23(2,3)4/h7-11,24-25H,12H2,1-6H3. The van der Waals surface area contributed by atoms with Gasteiger partial charge in [-0.15, -0.1) is 0 Å². The molecule has 0 aliphatic heterocycles. The molecule has 3 rings (SSSR count). The van der Waals surface area contributed by atoms with E-state index in [1.165, 1.54) is 24.1 Å². The maximum absolute atomic E-state index is 12.4. The van der Waals surface area contributed by atoms with Crippen LogP contribution in [0.2, 0.25) is 0 Å². The number of aryl methyl sites for hydroxylation is 1. The molecular formula is C23H27N5O4. The Bertz CT molecular complexity index is 1210. The number of methoxy groups -OCH3 is 1. The van der Waals surface area contributed by atoms with Crippen LogP contribution in [0.4, 0.5) is 5.69 Å². The first-order valence-corrected chi connectivity index (χ1v) is 10.1. The highest BCUT2D eigenvalue weighted by atomic mass is 16.5. The van der Waals surface area contributed by atoms with Crippen LogP contribution in [0.25, 0.3) is 11.2 Å². The van der Waals surface area contributed by atoms with E-state index in [0.29, 0.717) is 16.9 Å². The summed E-state index contributed by atoms with van der Waals surface area (Å²) in [6, 6.07) is 5.69. The summed E-state index contributed by atoms with van der Waals surface area (Å²) in [6.45, 7) is 7.11. The van der Waals surface area contributed by atoms with Crippen LogP contribution >= 0.6 is 0 Å². The quantitative estimate of drug-likeness (QED) is 0.447. The molecule has 0 amide bonds. The topological polar surface area (TPSA) is 119 Å². The molecule has 0 bridgehead atoms. The number of hydrogen-bond acceptors (Lipinski definition) is 8. The van der Waals surface area contributed by atoms with Crippen molar-refractivity contribution < 1.29 is 19.1 Å². The average Bonchev–Trinajstić information content (AvgIpc) is 3.13. The number of aromatic nitrogens is 3. The van der Waals surface area contributed by atoms with Gasteiger partial charge in [0.05, 0.1) is 24.4 Å². The summed E-state index contributed by atoms with van der Waals surface area (Å²) >= 11 is 0. The van der Waals surface area contributed by atoms with Crippen molar-refractivity contribution in [1.29, 1.82) is 5.41 Å². The number of fused-ring (bicyclic) bond motifs is 1. The van der Waals surface area contributed by atoms with Crippen molar-refractivity contribution in [1.82, 2.24) is 14.5 Å². The first kappa shape index (κ1) is 22.9. The van der Waals surface area contributed by atoms with Crippen LogP contribution in [0.1, 0.15) is 48.0 Å². The molecule has 2 N–H and O–H groups in total. The Morgan fingerprint density at radius 2 is 1.94 bits per heavy atom. The first-order valence-electron chi connectivity index (χ1n) is 10.1. The summed E-state index contributed by atoms with van der Waals surface area (Å²) in [4.78, 5) is 33.5. The summed E-state index contributed by atoms with van der Waals surface area (Å²) in [5.41, 5.74) is 3.09. The number of rotatable bonds is 6. The van der Waals surface area contributed by atoms with Gasteiger partial charge < -0.3 is 14.8 Å². The number of benzene rings is 1. The van der Waals surface area contributed by atoms with E-state index in [-0.39, 0.29) is 29.5 Å². The molecule has 9 heteroatoms. The normalized spacial score (nSPS) is 11.3. The largest absolute Gasteiger partial charge is 0.465 e. The van der Waals surface area contributed by atoms with Crippen molar-refractivity contribution in [2.24, 2.45) is 5.41 Å². The van der Waals surface area contributed by atoms with Gasteiger partial charge in [-0.1, -0.05) is 12.1 Å². The molecule has 0 fully saturated rings. The molecule has 32 heavy (non-hydrogen) atoms. The lowest BCUT2D eigenvalue weighted by Crippen LogP contribution is -2.24. The molecule has 0 aliphatic carbocycles. The Morgan fingerprint density at radius 1 is 1.22 bits per heavy atom. The van der Waals surface area contributed by atoms with Crippen molar-refractivity contribution >= 4 is 34.5 Å². The van der Waals surface area contributed by atoms with E-state index in [4.69, 9.17) is 14.9 Å². The maximum Gasteiger partial charge on any atom is 0.341 e. The molecule has 0 atom stereocenters. The van der Waals surface area contributed by atoms with Gasteiger partial charge in [0.2, 0.25) is 0 Å². The third kappa shape index (κ3) is 4.46. The molecule has 0 unspecified atom stereocenters. The Kier molecular flexibility index (Phi) is 6.29. The van der Waals surface area contributed by atoms with Crippen LogP contribution in [0, 0.1) is 17.7 Å². The van der Waals surface area contributed by atoms with Gasteiger partial charge in [-0.05, 0) is 39.3 Å². The van der Waals surface area contributed by atoms with E-state index in [0.717, 1.165) is 11.3 Å². The molecule has 0 saturated carbocycles. The fraction of sp³-hybridized carbons (Fsp3) is 0.348. The minimum Gasteiger partial charge on any atom is -0.465 e. The van der Waals surface area contributed by atoms with Gasteiger partial charge >= 0.3 is 11.9 Å². The van der Waals surface area contributed by atoms with Crippen LogP contribution in [-0.4, -0.2) is 46.3 Å². The number of carbonyl (C=O) groups excluding carboxylic acids is 2. The molecule has 2 aromatic heterocycles. The van der Waals surface area contributed by atoms with Gasteiger partial charge in [-0.2, -0.15) is 0 Å². The maximum atomic E-state index is 12.4. The molecule has 9 nitrogen and oxygen atoms in total. The number of anilines is 1.